The third kappa shape index (κ3) is 3.78. The van der Waals surface area contributed by atoms with Crippen molar-refractivity contribution in [2.75, 3.05) is 0 Å². The number of hydrogen-bond donors (Lipinski definition) is 1. The molecule has 1 heterocycles. The predicted molar refractivity (Wildman–Crippen MR) is 96.6 cm³/mol. The van der Waals surface area contributed by atoms with Gasteiger partial charge in [-0.2, -0.15) is 14.0 Å². The summed E-state index contributed by atoms with van der Waals surface area (Å²) in [7, 11) is 0. The van der Waals surface area contributed by atoms with Crippen LogP contribution in [0.5, 0.6) is 5.75 Å². The number of allylic oxidation sites excluding steroid dienone is 1. The van der Waals surface area contributed by atoms with Gasteiger partial charge in [-0.1, -0.05) is 34.1 Å². The average Bonchev–Trinajstić information content (AvgIpc) is 2.61. The molecule has 0 atom stereocenters. The summed E-state index contributed by atoms with van der Waals surface area (Å²) in [5.41, 5.74) is 0.273. The quantitative estimate of drug-likeness (QED) is 0.639. The van der Waals surface area contributed by atoms with Crippen LogP contribution in [0.4, 0.5) is 8.78 Å². The Bertz CT molecular complexity index is 1100. The third-order valence-corrected chi connectivity index (χ3v) is 3.97. The van der Waals surface area contributed by atoms with E-state index in [2.05, 4.69) is 30.6 Å². The number of ether oxygens (including phenoxy) is 1. The number of nitrogens with zero attached hydrogens (tertiary/aromatic N) is 2. The number of alkyl halides is 2. The van der Waals surface area contributed by atoms with Gasteiger partial charge in [0.05, 0.1) is 16.5 Å². The second kappa shape index (κ2) is 7.45. The number of benzene rings is 2. The topological polar surface area (TPSA) is 78.8 Å². The molecule has 0 fully saturated rings. The maximum absolute atomic E-state index is 12.5. The number of para-hydroxylation sites is 1. The number of fused-ring (bicyclic) bond motifs is 1. The molecule has 0 amide bonds. The first kappa shape index (κ1) is 17.8. The molecule has 0 aliphatic rings. The summed E-state index contributed by atoms with van der Waals surface area (Å²) in [6.07, 6.45) is 1.33. The Morgan fingerprint density at radius 1 is 1.31 bits per heavy atom. The van der Waals surface area contributed by atoms with Crippen molar-refractivity contribution in [3.63, 3.8) is 0 Å². The van der Waals surface area contributed by atoms with Crippen LogP contribution in [0.25, 0.3) is 22.6 Å². The first-order chi connectivity index (χ1) is 12.5. The van der Waals surface area contributed by atoms with Gasteiger partial charge in [-0.25, -0.2) is 4.98 Å². The molecule has 2 aromatic carbocycles. The van der Waals surface area contributed by atoms with E-state index in [9.17, 15) is 18.8 Å². The van der Waals surface area contributed by atoms with Crippen LogP contribution in [0.15, 0.2) is 51.7 Å². The number of nitrogens with one attached hydrogen (secondary N) is 1. The van der Waals surface area contributed by atoms with Crippen molar-refractivity contribution in [2.45, 2.75) is 6.61 Å². The van der Waals surface area contributed by atoms with Crippen LogP contribution in [-0.2, 0) is 0 Å². The molecule has 0 radical (unpaired) electrons. The van der Waals surface area contributed by atoms with E-state index < -0.39 is 12.2 Å². The first-order valence-corrected chi connectivity index (χ1v) is 8.13. The van der Waals surface area contributed by atoms with Crippen LogP contribution < -0.4 is 10.3 Å². The predicted octanol–water partition coefficient (Wildman–Crippen LogP) is 4.35. The van der Waals surface area contributed by atoms with Crippen molar-refractivity contribution in [1.82, 2.24) is 9.97 Å². The van der Waals surface area contributed by atoms with Gasteiger partial charge in [-0.15, -0.1) is 0 Å². The van der Waals surface area contributed by atoms with Crippen molar-refractivity contribution in [3.05, 3.63) is 68.7 Å². The van der Waals surface area contributed by atoms with Crippen LogP contribution in [-0.4, -0.2) is 16.6 Å². The van der Waals surface area contributed by atoms with Crippen LogP contribution in [0.2, 0.25) is 0 Å². The van der Waals surface area contributed by atoms with Gasteiger partial charge in [0.2, 0.25) is 0 Å². The molecule has 0 unspecified atom stereocenters. The van der Waals surface area contributed by atoms with Gasteiger partial charge in [0, 0.05) is 10.0 Å². The number of H-pyrrole nitrogens is 1. The SMILES string of the molecule is N#C/C(=C\c1ccccc1OC(F)F)c1nc2ccc(Br)cc2c(=O)[nH]1. The van der Waals surface area contributed by atoms with Gasteiger partial charge in [0.1, 0.15) is 11.8 Å². The molecule has 0 aliphatic carbocycles. The summed E-state index contributed by atoms with van der Waals surface area (Å²) >= 11 is 3.28. The molecule has 5 nitrogen and oxygen atoms in total. The van der Waals surface area contributed by atoms with Gasteiger partial charge >= 0.3 is 6.61 Å². The standard InChI is InChI=1S/C18H10BrF2N3O2/c19-12-5-6-14-13(8-12)17(25)24-16(23-14)11(9-22)7-10-3-1-2-4-15(10)26-18(20)21/h1-8,18H,(H,23,24,25)/b11-7+. The monoisotopic (exact) mass is 417 g/mol. The minimum atomic E-state index is -2.99. The van der Waals surface area contributed by atoms with Crippen molar-refractivity contribution in [1.29, 1.82) is 5.26 Å². The molecule has 3 aromatic rings. The van der Waals surface area contributed by atoms with Crippen molar-refractivity contribution in [3.8, 4) is 11.8 Å². The van der Waals surface area contributed by atoms with E-state index >= 15 is 0 Å². The van der Waals surface area contributed by atoms with Crippen molar-refractivity contribution in [2.24, 2.45) is 0 Å². The third-order valence-electron chi connectivity index (χ3n) is 3.48. The van der Waals surface area contributed by atoms with Crippen LogP contribution in [0, 0.1) is 11.3 Å². The van der Waals surface area contributed by atoms with Crippen LogP contribution in [0.1, 0.15) is 11.4 Å². The van der Waals surface area contributed by atoms with Gasteiger partial charge in [-0.3, -0.25) is 4.79 Å². The molecule has 0 spiro atoms. The minimum Gasteiger partial charge on any atom is -0.434 e. The molecular formula is C18H10BrF2N3O2. The second-order valence-corrected chi connectivity index (χ2v) is 6.08. The normalized spacial score (nSPS) is 11.6. The fourth-order valence-electron chi connectivity index (χ4n) is 2.35. The van der Waals surface area contributed by atoms with Crippen molar-refractivity contribution < 1.29 is 13.5 Å². The Labute approximate surface area is 154 Å². The summed E-state index contributed by atoms with van der Waals surface area (Å²) in [5.74, 6) is -0.0403. The second-order valence-electron chi connectivity index (χ2n) is 5.16. The zero-order chi connectivity index (χ0) is 18.7. The molecule has 0 saturated carbocycles. The fourth-order valence-corrected chi connectivity index (χ4v) is 2.71. The number of aromatic amines is 1. The number of hydrogen-bond acceptors (Lipinski definition) is 4. The van der Waals surface area contributed by atoms with E-state index in [4.69, 9.17) is 0 Å². The smallest absolute Gasteiger partial charge is 0.387 e. The lowest BCUT2D eigenvalue weighted by Crippen LogP contribution is -2.11. The Kier molecular flexibility index (Phi) is 5.09. The lowest BCUT2D eigenvalue weighted by molar-refractivity contribution is -0.0499. The summed E-state index contributed by atoms with van der Waals surface area (Å²) < 4.78 is 30.2. The lowest BCUT2D eigenvalue weighted by Gasteiger charge is -2.08. The summed E-state index contributed by atoms with van der Waals surface area (Å²) in [5, 5.41) is 9.81. The van der Waals surface area contributed by atoms with Crippen molar-refractivity contribution >= 4 is 38.5 Å². The highest BCUT2D eigenvalue weighted by Crippen LogP contribution is 2.25. The molecule has 8 heteroatoms. The van der Waals surface area contributed by atoms with Crippen LogP contribution >= 0.6 is 15.9 Å². The van der Waals surface area contributed by atoms with Gasteiger partial charge in [0.25, 0.3) is 5.56 Å². The molecule has 0 bridgehead atoms. The van der Waals surface area contributed by atoms with Gasteiger partial charge < -0.3 is 9.72 Å². The van der Waals surface area contributed by atoms with E-state index in [1.54, 1.807) is 24.3 Å². The van der Waals surface area contributed by atoms with E-state index in [1.807, 2.05) is 6.07 Å². The molecule has 0 saturated heterocycles. The Morgan fingerprint density at radius 3 is 2.81 bits per heavy atom. The number of halogens is 3. The summed E-state index contributed by atoms with van der Waals surface area (Å²) in [4.78, 5) is 19.1. The zero-order valence-electron chi connectivity index (χ0n) is 13.0. The number of rotatable bonds is 4. The molecule has 130 valence electrons. The van der Waals surface area contributed by atoms with Gasteiger partial charge in [-0.05, 0) is 30.3 Å². The lowest BCUT2D eigenvalue weighted by atomic mass is 10.1. The molecular weight excluding hydrogens is 408 g/mol. The maximum atomic E-state index is 12.5. The average molecular weight is 418 g/mol. The van der Waals surface area contributed by atoms with Gasteiger partial charge in [0.15, 0.2) is 5.82 Å². The summed E-state index contributed by atoms with van der Waals surface area (Å²) in [6.45, 7) is -2.99. The Morgan fingerprint density at radius 2 is 2.08 bits per heavy atom. The fraction of sp³-hybridized carbons (Fsp3) is 0.0556. The number of nitriles is 1. The highest BCUT2D eigenvalue weighted by atomic mass is 79.9. The molecule has 0 aliphatic heterocycles. The molecule has 1 aromatic heterocycles. The Balaban J connectivity index is 2.12. The first-order valence-electron chi connectivity index (χ1n) is 7.33. The highest BCUT2D eigenvalue weighted by molar-refractivity contribution is 9.10. The van der Waals surface area contributed by atoms with E-state index in [-0.39, 0.29) is 22.7 Å². The zero-order valence-corrected chi connectivity index (χ0v) is 14.6. The number of aromatic nitrogens is 2. The van der Waals surface area contributed by atoms with E-state index in [0.717, 1.165) is 4.47 Å². The summed E-state index contributed by atoms with van der Waals surface area (Å²) in [6, 6.07) is 12.9. The maximum Gasteiger partial charge on any atom is 0.387 e. The molecule has 3 rings (SSSR count). The Hall–Kier alpha value is -3.05. The molecule has 1 N–H and O–H groups in total. The van der Waals surface area contributed by atoms with Crippen LogP contribution in [0.3, 0.4) is 0 Å². The largest absolute Gasteiger partial charge is 0.434 e. The van der Waals surface area contributed by atoms with E-state index in [0.29, 0.717) is 10.9 Å². The van der Waals surface area contributed by atoms with E-state index in [1.165, 1.54) is 24.3 Å². The molecule has 26 heavy (non-hydrogen) atoms. The highest BCUT2D eigenvalue weighted by Gasteiger charge is 2.12. The minimum absolute atomic E-state index is 0.0113.